The SMILES string of the molecule is Clc1ncc(Cl)c(NCc2ccoc2)n1. The van der Waals surface area contributed by atoms with Crippen LogP contribution in [0.2, 0.25) is 10.3 Å². The molecule has 0 unspecified atom stereocenters. The molecule has 0 aliphatic rings. The summed E-state index contributed by atoms with van der Waals surface area (Å²) in [6.45, 7) is 0.573. The second-order valence-electron chi connectivity index (χ2n) is 2.82. The topological polar surface area (TPSA) is 51.0 Å². The fraction of sp³-hybridized carbons (Fsp3) is 0.111. The van der Waals surface area contributed by atoms with Crippen LogP contribution in [0.1, 0.15) is 5.56 Å². The zero-order chi connectivity index (χ0) is 10.7. The van der Waals surface area contributed by atoms with E-state index in [2.05, 4.69) is 15.3 Å². The molecule has 0 aromatic carbocycles. The average molecular weight is 244 g/mol. The van der Waals surface area contributed by atoms with E-state index in [0.29, 0.717) is 17.4 Å². The summed E-state index contributed by atoms with van der Waals surface area (Å²) in [5.74, 6) is 0.512. The Kier molecular flexibility index (Phi) is 3.08. The summed E-state index contributed by atoms with van der Waals surface area (Å²) < 4.78 is 4.93. The van der Waals surface area contributed by atoms with Gasteiger partial charge in [0.2, 0.25) is 5.28 Å². The Labute approximate surface area is 96.2 Å². The van der Waals surface area contributed by atoms with Gasteiger partial charge in [-0.3, -0.25) is 0 Å². The number of anilines is 1. The molecule has 2 aromatic heterocycles. The Morgan fingerprint density at radius 3 is 3.00 bits per heavy atom. The van der Waals surface area contributed by atoms with Gasteiger partial charge in [0.15, 0.2) is 0 Å². The zero-order valence-corrected chi connectivity index (χ0v) is 9.09. The molecule has 2 aromatic rings. The maximum atomic E-state index is 5.87. The minimum Gasteiger partial charge on any atom is -0.472 e. The smallest absolute Gasteiger partial charge is 0.224 e. The first-order valence-corrected chi connectivity index (χ1v) is 4.94. The summed E-state index contributed by atoms with van der Waals surface area (Å²) in [6, 6.07) is 1.85. The van der Waals surface area contributed by atoms with Crippen molar-refractivity contribution in [3.63, 3.8) is 0 Å². The highest BCUT2D eigenvalue weighted by Gasteiger charge is 2.03. The second-order valence-corrected chi connectivity index (χ2v) is 3.57. The van der Waals surface area contributed by atoms with Crippen molar-refractivity contribution in [3.8, 4) is 0 Å². The van der Waals surface area contributed by atoms with Crippen molar-refractivity contribution in [3.05, 3.63) is 40.7 Å². The number of hydrogen-bond acceptors (Lipinski definition) is 4. The normalized spacial score (nSPS) is 10.3. The zero-order valence-electron chi connectivity index (χ0n) is 7.58. The van der Waals surface area contributed by atoms with Crippen molar-refractivity contribution in [2.75, 3.05) is 5.32 Å². The van der Waals surface area contributed by atoms with E-state index in [4.69, 9.17) is 27.6 Å². The van der Waals surface area contributed by atoms with Crippen LogP contribution in [0.4, 0.5) is 5.82 Å². The fourth-order valence-corrected chi connectivity index (χ4v) is 1.34. The lowest BCUT2D eigenvalue weighted by Crippen LogP contribution is -2.01. The molecule has 0 bridgehead atoms. The Bertz CT molecular complexity index is 445. The molecule has 6 heteroatoms. The van der Waals surface area contributed by atoms with Crippen molar-refractivity contribution in [1.82, 2.24) is 9.97 Å². The minimum absolute atomic E-state index is 0.161. The molecule has 0 aliphatic carbocycles. The van der Waals surface area contributed by atoms with Crippen LogP contribution in [0.15, 0.2) is 29.2 Å². The number of nitrogens with one attached hydrogen (secondary N) is 1. The molecule has 1 N–H and O–H groups in total. The van der Waals surface area contributed by atoms with Crippen LogP contribution in [0.25, 0.3) is 0 Å². The van der Waals surface area contributed by atoms with Crippen LogP contribution in [-0.2, 0) is 6.54 Å². The fourth-order valence-electron chi connectivity index (χ4n) is 1.05. The molecule has 0 fully saturated rings. The molecular weight excluding hydrogens is 237 g/mol. The molecule has 15 heavy (non-hydrogen) atoms. The van der Waals surface area contributed by atoms with E-state index in [1.165, 1.54) is 6.20 Å². The van der Waals surface area contributed by atoms with Gasteiger partial charge >= 0.3 is 0 Å². The van der Waals surface area contributed by atoms with Gasteiger partial charge in [-0.1, -0.05) is 11.6 Å². The Hall–Kier alpha value is -1.26. The Morgan fingerprint density at radius 1 is 1.40 bits per heavy atom. The van der Waals surface area contributed by atoms with Crippen molar-refractivity contribution in [2.24, 2.45) is 0 Å². The van der Waals surface area contributed by atoms with E-state index < -0.39 is 0 Å². The Morgan fingerprint density at radius 2 is 2.27 bits per heavy atom. The van der Waals surface area contributed by atoms with Gasteiger partial charge in [0.25, 0.3) is 0 Å². The van der Waals surface area contributed by atoms with E-state index in [1.807, 2.05) is 6.07 Å². The molecule has 78 valence electrons. The summed E-state index contributed by atoms with van der Waals surface area (Å²) in [5, 5.41) is 3.62. The first-order valence-electron chi connectivity index (χ1n) is 4.18. The first-order chi connectivity index (χ1) is 7.25. The molecule has 2 heterocycles. The highest BCUT2D eigenvalue weighted by molar-refractivity contribution is 6.33. The quantitative estimate of drug-likeness (QED) is 0.843. The monoisotopic (exact) mass is 243 g/mol. The van der Waals surface area contributed by atoms with Crippen LogP contribution in [0.3, 0.4) is 0 Å². The molecule has 0 amide bonds. The second kappa shape index (κ2) is 4.51. The summed E-state index contributed by atoms with van der Waals surface area (Å²) in [4.78, 5) is 7.70. The van der Waals surface area contributed by atoms with Gasteiger partial charge in [-0.25, -0.2) is 4.98 Å². The number of rotatable bonds is 3. The van der Waals surface area contributed by atoms with Gasteiger partial charge < -0.3 is 9.73 Å². The molecule has 0 spiro atoms. The van der Waals surface area contributed by atoms with E-state index in [-0.39, 0.29) is 5.28 Å². The van der Waals surface area contributed by atoms with Crippen molar-refractivity contribution < 1.29 is 4.42 Å². The molecule has 0 atom stereocenters. The van der Waals surface area contributed by atoms with Gasteiger partial charge in [0.1, 0.15) is 10.8 Å². The van der Waals surface area contributed by atoms with Crippen LogP contribution >= 0.6 is 23.2 Å². The predicted molar refractivity (Wildman–Crippen MR) is 58.1 cm³/mol. The third-order valence-corrected chi connectivity index (χ3v) is 2.21. The third-order valence-electron chi connectivity index (χ3n) is 1.75. The molecule has 2 rings (SSSR count). The van der Waals surface area contributed by atoms with E-state index in [1.54, 1.807) is 12.5 Å². The Balaban J connectivity index is 2.07. The van der Waals surface area contributed by atoms with Crippen LogP contribution < -0.4 is 5.32 Å². The number of nitrogens with zero attached hydrogens (tertiary/aromatic N) is 2. The van der Waals surface area contributed by atoms with Crippen molar-refractivity contribution >= 4 is 29.0 Å². The number of hydrogen-bond donors (Lipinski definition) is 1. The largest absolute Gasteiger partial charge is 0.472 e. The van der Waals surface area contributed by atoms with E-state index >= 15 is 0 Å². The minimum atomic E-state index is 0.161. The van der Waals surface area contributed by atoms with Gasteiger partial charge in [-0.05, 0) is 17.7 Å². The standard InChI is InChI=1S/C9H7Cl2N3O/c10-7-4-13-9(11)14-8(7)12-3-6-1-2-15-5-6/h1-2,4-5H,3H2,(H,12,13,14). The maximum Gasteiger partial charge on any atom is 0.224 e. The first kappa shape index (κ1) is 10.3. The summed E-state index contributed by atoms with van der Waals surface area (Å²) in [6.07, 6.45) is 4.70. The molecule has 0 aliphatic heterocycles. The number of halogens is 2. The predicted octanol–water partition coefficient (Wildman–Crippen LogP) is 2.99. The average Bonchev–Trinajstić information content (AvgIpc) is 2.72. The van der Waals surface area contributed by atoms with Gasteiger partial charge in [-0.2, -0.15) is 4.98 Å². The lowest BCUT2D eigenvalue weighted by Gasteiger charge is -2.05. The highest BCUT2D eigenvalue weighted by Crippen LogP contribution is 2.19. The van der Waals surface area contributed by atoms with E-state index in [0.717, 1.165) is 5.56 Å². The van der Waals surface area contributed by atoms with Crippen LogP contribution in [-0.4, -0.2) is 9.97 Å². The van der Waals surface area contributed by atoms with Crippen LogP contribution in [0, 0.1) is 0 Å². The third kappa shape index (κ3) is 2.61. The molecular formula is C9H7Cl2N3O. The number of aromatic nitrogens is 2. The van der Waals surface area contributed by atoms with Gasteiger partial charge in [0.05, 0.1) is 18.7 Å². The molecule has 4 nitrogen and oxygen atoms in total. The molecule has 0 saturated heterocycles. The lowest BCUT2D eigenvalue weighted by atomic mass is 10.3. The molecule has 0 saturated carbocycles. The summed E-state index contributed by atoms with van der Waals surface area (Å²) >= 11 is 11.5. The van der Waals surface area contributed by atoms with Crippen LogP contribution in [0.5, 0.6) is 0 Å². The molecule has 0 radical (unpaired) electrons. The van der Waals surface area contributed by atoms with Gasteiger partial charge in [0, 0.05) is 12.1 Å². The van der Waals surface area contributed by atoms with Crippen molar-refractivity contribution in [2.45, 2.75) is 6.54 Å². The van der Waals surface area contributed by atoms with E-state index in [9.17, 15) is 0 Å². The summed E-state index contributed by atoms with van der Waals surface area (Å²) in [7, 11) is 0. The highest BCUT2D eigenvalue weighted by atomic mass is 35.5. The van der Waals surface area contributed by atoms with Crippen molar-refractivity contribution in [1.29, 1.82) is 0 Å². The number of furan rings is 1. The van der Waals surface area contributed by atoms with Gasteiger partial charge in [-0.15, -0.1) is 0 Å². The maximum absolute atomic E-state index is 5.87. The lowest BCUT2D eigenvalue weighted by molar-refractivity contribution is 0.564. The summed E-state index contributed by atoms with van der Waals surface area (Å²) in [5.41, 5.74) is 1.00.